The normalized spacial score (nSPS) is 18.2. The first-order valence-electron chi connectivity index (χ1n) is 12.6. The number of carbonyl (C=O) groups is 1. The molecule has 4 heterocycles. The lowest BCUT2D eigenvalue weighted by Gasteiger charge is -2.36. The van der Waals surface area contributed by atoms with Crippen LogP contribution in [0.1, 0.15) is 61.6 Å². The van der Waals surface area contributed by atoms with Gasteiger partial charge in [-0.25, -0.2) is 28.2 Å². The third-order valence-electron chi connectivity index (χ3n) is 6.90. The second-order valence-corrected chi connectivity index (χ2v) is 13.0. The number of sulfone groups is 1. The molecule has 1 unspecified atom stereocenters. The number of nitrogens with one attached hydrogen (secondary N) is 1. The maximum Gasteiger partial charge on any atom is 0.340 e. The fraction of sp³-hybridized carbons (Fsp3) is 0.481. The Balaban J connectivity index is 1.70. The molecule has 11 nitrogen and oxygen atoms in total. The Bertz CT molecular complexity index is 1510. The monoisotopic (exact) mass is 557 g/mol. The third-order valence-corrected chi connectivity index (χ3v) is 7.93. The summed E-state index contributed by atoms with van der Waals surface area (Å²) in [5.74, 6) is 0.880. The highest BCUT2D eigenvalue weighted by Gasteiger charge is 2.40. The Morgan fingerprint density at radius 2 is 1.92 bits per heavy atom. The first-order chi connectivity index (χ1) is 18.2. The standard InChI is InChI=1S/C27H35N5O6S/c1-16-23-17(25(33)38-26(16,2)3)8-9-21(32-23)31-22-12-18-19(13-29-22)24(37-10-7-11-39(6,34)35)30-14-20(18)27(4,28)15-36-5/h8-9,12-14,16H,7,10-11,15,28H2,1-6H3,(H,29,31,32)/t16-,27?/m0/s1. The van der Waals surface area contributed by atoms with Gasteiger partial charge in [-0.1, -0.05) is 6.92 Å². The minimum Gasteiger partial charge on any atom is -0.477 e. The van der Waals surface area contributed by atoms with Crippen LogP contribution >= 0.6 is 0 Å². The molecular formula is C27H35N5O6S. The molecule has 3 N–H and O–H groups in total. The zero-order valence-corrected chi connectivity index (χ0v) is 23.9. The first-order valence-corrected chi connectivity index (χ1v) is 14.7. The number of aromatic nitrogens is 3. The number of nitrogens with two attached hydrogens (primary N) is 1. The number of nitrogens with zero attached hydrogens (tertiary/aromatic N) is 3. The molecule has 39 heavy (non-hydrogen) atoms. The van der Waals surface area contributed by atoms with Gasteiger partial charge in [-0.3, -0.25) is 0 Å². The Morgan fingerprint density at radius 3 is 2.62 bits per heavy atom. The van der Waals surface area contributed by atoms with Crippen LogP contribution in [0.4, 0.5) is 11.6 Å². The Kier molecular flexibility index (Phi) is 7.84. The molecular weight excluding hydrogens is 522 g/mol. The summed E-state index contributed by atoms with van der Waals surface area (Å²) in [6, 6.07) is 5.24. The van der Waals surface area contributed by atoms with E-state index in [1.807, 2.05) is 33.8 Å². The van der Waals surface area contributed by atoms with Crippen molar-refractivity contribution in [2.75, 3.05) is 37.6 Å². The van der Waals surface area contributed by atoms with Gasteiger partial charge in [-0.05, 0) is 50.8 Å². The lowest BCUT2D eigenvalue weighted by Crippen LogP contribution is -2.39. The van der Waals surface area contributed by atoms with Gasteiger partial charge in [0.25, 0.3) is 0 Å². The first kappa shape index (κ1) is 28.7. The summed E-state index contributed by atoms with van der Waals surface area (Å²) in [7, 11) is -1.51. The van der Waals surface area contributed by atoms with Gasteiger partial charge in [0.2, 0.25) is 5.88 Å². The molecule has 3 aromatic rings. The fourth-order valence-electron chi connectivity index (χ4n) is 4.51. The maximum absolute atomic E-state index is 12.5. The van der Waals surface area contributed by atoms with Gasteiger partial charge >= 0.3 is 5.97 Å². The van der Waals surface area contributed by atoms with Crippen molar-refractivity contribution in [3.05, 3.63) is 47.4 Å². The molecule has 12 heteroatoms. The van der Waals surface area contributed by atoms with Gasteiger partial charge in [0, 0.05) is 37.2 Å². The Hall–Kier alpha value is -3.35. The number of hydrogen-bond donors (Lipinski definition) is 2. The van der Waals surface area contributed by atoms with E-state index in [-0.39, 0.29) is 24.9 Å². The van der Waals surface area contributed by atoms with Gasteiger partial charge < -0.3 is 25.3 Å². The van der Waals surface area contributed by atoms with Crippen LogP contribution in [-0.4, -0.2) is 67.3 Å². The molecule has 3 aromatic heterocycles. The molecule has 4 rings (SSSR count). The predicted molar refractivity (Wildman–Crippen MR) is 148 cm³/mol. The molecule has 0 aromatic carbocycles. The van der Waals surface area contributed by atoms with E-state index in [1.54, 1.807) is 31.6 Å². The summed E-state index contributed by atoms with van der Waals surface area (Å²) >= 11 is 0. The minimum atomic E-state index is -3.09. The summed E-state index contributed by atoms with van der Waals surface area (Å²) in [6.07, 6.45) is 4.80. The molecule has 0 fully saturated rings. The van der Waals surface area contributed by atoms with Crippen LogP contribution in [0.5, 0.6) is 5.88 Å². The van der Waals surface area contributed by atoms with E-state index >= 15 is 0 Å². The molecule has 1 aliphatic rings. The predicted octanol–water partition coefficient (Wildman–Crippen LogP) is 3.45. The third kappa shape index (κ3) is 6.29. The number of cyclic esters (lactones) is 1. The average Bonchev–Trinajstić information content (AvgIpc) is 2.84. The summed E-state index contributed by atoms with van der Waals surface area (Å²) in [5.41, 5.74) is 6.89. The molecule has 2 atom stereocenters. The summed E-state index contributed by atoms with van der Waals surface area (Å²) < 4.78 is 39.7. The number of ether oxygens (including phenoxy) is 3. The highest BCUT2D eigenvalue weighted by Crippen LogP contribution is 2.38. The summed E-state index contributed by atoms with van der Waals surface area (Å²) in [4.78, 5) is 26.2. The van der Waals surface area contributed by atoms with Crippen LogP contribution < -0.4 is 15.8 Å². The van der Waals surface area contributed by atoms with E-state index in [2.05, 4.69) is 15.3 Å². The second-order valence-electron chi connectivity index (χ2n) is 10.7. The number of pyridine rings is 3. The SMILES string of the molecule is COCC(C)(N)c1cnc(OCCCS(C)(=O)=O)c2cnc(Nc3ccc4c(n3)[C@H](C)C(C)(C)OC4=O)cc12. The van der Waals surface area contributed by atoms with Crippen LogP contribution in [0.15, 0.2) is 30.6 Å². The van der Waals surface area contributed by atoms with E-state index < -0.39 is 26.9 Å². The highest BCUT2D eigenvalue weighted by atomic mass is 32.2. The van der Waals surface area contributed by atoms with Gasteiger partial charge in [-0.15, -0.1) is 0 Å². The van der Waals surface area contributed by atoms with Gasteiger partial charge in [0.15, 0.2) is 0 Å². The highest BCUT2D eigenvalue weighted by molar-refractivity contribution is 7.90. The van der Waals surface area contributed by atoms with Gasteiger partial charge in [-0.2, -0.15) is 0 Å². The van der Waals surface area contributed by atoms with Crippen LogP contribution in [0, 0.1) is 0 Å². The van der Waals surface area contributed by atoms with Crippen LogP contribution in [-0.2, 0) is 24.8 Å². The van der Waals surface area contributed by atoms with Crippen molar-refractivity contribution in [2.45, 2.75) is 51.2 Å². The number of rotatable bonds is 10. The molecule has 0 spiro atoms. The number of anilines is 2. The topological polar surface area (TPSA) is 156 Å². The number of hydrogen-bond acceptors (Lipinski definition) is 11. The molecule has 0 bridgehead atoms. The fourth-order valence-corrected chi connectivity index (χ4v) is 5.15. The largest absolute Gasteiger partial charge is 0.477 e. The van der Waals surface area contributed by atoms with Crippen LogP contribution in [0.3, 0.4) is 0 Å². The molecule has 1 aliphatic heterocycles. The van der Waals surface area contributed by atoms with E-state index in [0.717, 1.165) is 10.9 Å². The van der Waals surface area contributed by atoms with Crippen molar-refractivity contribution in [3.63, 3.8) is 0 Å². The van der Waals surface area contributed by atoms with Crippen molar-refractivity contribution >= 4 is 38.2 Å². The van der Waals surface area contributed by atoms with Gasteiger partial charge in [0.05, 0.1) is 41.1 Å². The van der Waals surface area contributed by atoms with E-state index in [1.165, 1.54) is 6.26 Å². The number of fused-ring (bicyclic) bond motifs is 2. The van der Waals surface area contributed by atoms with Crippen molar-refractivity contribution in [3.8, 4) is 5.88 Å². The zero-order valence-electron chi connectivity index (χ0n) is 23.1. The maximum atomic E-state index is 12.5. The van der Waals surface area contributed by atoms with Gasteiger partial charge in [0.1, 0.15) is 27.1 Å². The van der Waals surface area contributed by atoms with Crippen molar-refractivity contribution in [1.29, 1.82) is 0 Å². The smallest absolute Gasteiger partial charge is 0.340 e. The van der Waals surface area contributed by atoms with Crippen LogP contribution in [0.2, 0.25) is 0 Å². The molecule has 0 radical (unpaired) electrons. The van der Waals surface area contributed by atoms with Crippen molar-refractivity contribution in [2.24, 2.45) is 5.73 Å². The van der Waals surface area contributed by atoms with E-state index in [9.17, 15) is 13.2 Å². The quantitative estimate of drug-likeness (QED) is 0.278. The number of carbonyl (C=O) groups excluding carboxylic acids is 1. The average molecular weight is 558 g/mol. The molecule has 0 saturated heterocycles. The van der Waals surface area contributed by atoms with E-state index in [4.69, 9.17) is 24.9 Å². The Labute approximate surface area is 228 Å². The summed E-state index contributed by atoms with van der Waals surface area (Å²) in [6.45, 7) is 7.99. The number of esters is 1. The Morgan fingerprint density at radius 1 is 1.18 bits per heavy atom. The molecule has 0 amide bonds. The number of methoxy groups -OCH3 is 1. The van der Waals surface area contributed by atoms with Crippen molar-refractivity contribution < 1.29 is 27.4 Å². The van der Waals surface area contributed by atoms with Crippen LogP contribution in [0.25, 0.3) is 10.8 Å². The second kappa shape index (κ2) is 10.7. The van der Waals surface area contributed by atoms with E-state index in [0.29, 0.717) is 40.6 Å². The summed E-state index contributed by atoms with van der Waals surface area (Å²) in [5, 5.41) is 4.61. The minimum absolute atomic E-state index is 0.0192. The zero-order chi connectivity index (χ0) is 28.6. The molecule has 0 aliphatic carbocycles. The molecule has 0 saturated carbocycles. The molecule has 210 valence electrons. The lowest BCUT2D eigenvalue weighted by atomic mass is 9.84. The van der Waals surface area contributed by atoms with Crippen molar-refractivity contribution in [1.82, 2.24) is 15.0 Å². The lowest BCUT2D eigenvalue weighted by molar-refractivity contribution is -0.0189.